The molecule has 3 nitrogen and oxygen atoms in total. The normalized spacial score (nSPS) is 10.6. The summed E-state index contributed by atoms with van der Waals surface area (Å²) >= 11 is 0. The Labute approximate surface area is 72.9 Å². The number of hydrogen-bond donors (Lipinski definition) is 0. The van der Waals surface area contributed by atoms with Crippen molar-refractivity contribution >= 4 is 0 Å². The molecule has 0 aromatic carbocycles. The minimum absolute atomic E-state index is 0.792. The van der Waals surface area contributed by atoms with Crippen molar-refractivity contribution in [2.24, 2.45) is 0 Å². The van der Waals surface area contributed by atoms with Gasteiger partial charge in [0.05, 0.1) is 13.7 Å². The molecule has 0 unspecified atom stereocenters. The van der Waals surface area contributed by atoms with Crippen molar-refractivity contribution in [2.45, 2.75) is 13.5 Å². The number of rotatable bonds is 4. The van der Waals surface area contributed by atoms with Gasteiger partial charge in [0.2, 0.25) is 0 Å². The van der Waals surface area contributed by atoms with Crippen LogP contribution in [0.5, 0.6) is 0 Å². The zero-order valence-corrected chi connectivity index (χ0v) is 7.53. The van der Waals surface area contributed by atoms with Gasteiger partial charge in [-0.15, -0.1) is 0 Å². The molecular weight excluding hydrogens is 152 g/mol. The molecule has 0 aliphatic heterocycles. The Morgan fingerprint density at radius 1 is 1.58 bits per heavy atom. The first kappa shape index (κ1) is 9.16. The second-order valence-corrected chi connectivity index (χ2v) is 2.50. The van der Waals surface area contributed by atoms with Crippen LogP contribution in [-0.2, 0) is 11.4 Å². The van der Waals surface area contributed by atoms with E-state index in [2.05, 4.69) is 11.9 Å². The Balaban J connectivity index is 2.51. The Kier molecular flexibility index (Phi) is 3.70. The van der Waals surface area contributed by atoms with Gasteiger partial charge in [-0.3, -0.25) is 4.98 Å². The van der Waals surface area contributed by atoms with E-state index < -0.39 is 0 Å². The van der Waals surface area contributed by atoms with Gasteiger partial charge >= 0.3 is 0 Å². The average Bonchev–Trinajstić information content (AvgIpc) is 2.16. The highest BCUT2D eigenvalue weighted by molar-refractivity contribution is 5.07. The third-order valence-electron chi connectivity index (χ3n) is 1.69. The van der Waals surface area contributed by atoms with Crippen molar-refractivity contribution in [1.29, 1.82) is 0 Å². The maximum Gasteiger partial charge on any atom is 0.0575 e. The number of hydroxylamine groups is 2. The lowest BCUT2D eigenvalue weighted by Crippen LogP contribution is -2.21. The summed E-state index contributed by atoms with van der Waals surface area (Å²) in [6.45, 7) is 3.73. The van der Waals surface area contributed by atoms with Crippen molar-refractivity contribution in [3.63, 3.8) is 0 Å². The van der Waals surface area contributed by atoms with Crippen LogP contribution in [0.2, 0.25) is 0 Å². The molecule has 12 heavy (non-hydrogen) atoms. The fourth-order valence-corrected chi connectivity index (χ4v) is 1.00. The van der Waals surface area contributed by atoms with E-state index in [0.29, 0.717) is 0 Å². The largest absolute Gasteiger partial charge is 0.302 e. The van der Waals surface area contributed by atoms with E-state index >= 15 is 0 Å². The quantitative estimate of drug-likeness (QED) is 0.633. The molecule has 1 aromatic heterocycles. The Morgan fingerprint density at radius 2 is 2.42 bits per heavy atom. The van der Waals surface area contributed by atoms with Crippen LogP contribution in [0.25, 0.3) is 0 Å². The third-order valence-corrected chi connectivity index (χ3v) is 1.69. The SMILES string of the molecule is CCN(Cc1cccnc1)OC. The van der Waals surface area contributed by atoms with Gasteiger partial charge in [0.1, 0.15) is 0 Å². The molecule has 1 rings (SSSR count). The van der Waals surface area contributed by atoms with Gasteiger partial charge in [-0.1, -0.05) is 13.0 Å². The summed E-state index contributed by atoms with van der Waals surface area (Å²) in [5, 5.41) is 1.87. The minimum Gasteiger partial charge on any atom is -0.302 e. The first-order chi connectivity index (χ1) is 5.86. The molecule has 0 fully saturated rings. The lowest BCUT2D eigenvalue weighted by molar-refractivity contribution is -0.135. The summed E-state index contributed by atoms with van der Waals surface area (Å²) in [7, 11) is 1.68. The molecule has 0 saturated heterocycles. The van der Waals surface area contributed by atoms with Gasteiger partial charge in [0.15, 0.2) is 0 Å². The summed E-state index contributed by atoms with van der Waals surface area (Å²) in [6.07, 6.45) is 3.62. The van der Waals surface area contributed by atoms with E-state index in [9.17, 15) is 0 Å². The average molecular weight is 166 g/mol. The lowest BCUT2D eigenvalue weighted by atomic mass is 10.3. The maximum atomic E-state index is 5.11. The Morgan fingerprint density at radius 3 is 2.92 bits per heavy atom. The summed E-state index contributed by atoms with van der Waals surface area (Å²) in [4.78, 5) is 9.13. The van der Waals surface area contributed by atoms with Crippen molar-refractivity contribution in [3.05, 3.63) is 30.1 Å². The molecule has 0 saturated carbocycles. The zero-order chi connectivity index (χ0) is 8.81. The van der Waals surface area contributed by atoms with Crippen molar-refractivity contribution < 1.29 is 4.84 Å². The second kappa shape index (κ2) is 4.85. The van der Waals surface area contributed by atoms with Gasteiger partial charge in [-0.2, -0.15) is 5.06 Å². The van der Waals surface area contributed by atoms with Crippen molar-refractivity contribution in [1.82, 2.24) is 10.0 Å². The number of aromatic nitrogens is 1. The van der Waals surface area contributed by atoms with Gasteiger partial charge in [-0.25, -0.2) is 0 Å². The summed E-state index contributed by atoms with van der Waals surface area (Å²) < 4.78 is 0. The molecule has 0 bridgehead atoms. The smallest absolute Gasteiger partial charge is 0.0575 e. The monoisotopic (exact) mass is 166 g/mol. The molecule has 0 N–H and O–H groups in total. The maximum absolute atomic E-state index is 5.11. The topological polar surface area (TPSA) is 25.4 Å². The molecule has 0 aliphatic carbocycles. The van der Waals surface area contributed by atoms with E-state index in [1.54, 1.807) is 13.3 Å². The standard InChI is InChI=1S/C9H14N2O/c1-3-11(12-2)8-9-5-4-6-10-7-9/h4-7H,3,8H2,1-2H3. The number of pyridine rings is 1. The van der Waals surface area contributed by atoms with E-state index in [1.807, 2.05) is 23.4 Å². The molecule has 0 atom stereocenters. The van der Waals surface area contributed by atoms with Gasteiger partial charge in [0, 0.05) is 18.9 Å². The molecule has 3 heteroatoms. The summed E-state index contributed by atoms with van der Waals surface area (Å²) in [5.41, 5.74) is 1.17. The van der Waals surface area contributed by atoms with Crippen LogP contribution >= 0.6 is 0 Å². The van der Waals surface area contributed by atoms with E-state index in [0.717, 1.165) is 13.1 Å². The first-order valence-corrected chi connectivity index (χ1v) is 4.04. The third kappa shape index (κ3) is 2.60. The first-order valence-electron chi connectivity index (χ1n) is 4.04. The van der Waals surface area contributed by atoms with E-state index in [1.165, 1.54) is 5.56 Å². The summed E-state index contributed by atoms with van der Waals surface area (Å²) in [5.74, 6) is 0. The van der Waals surface area contributed by atoms with E-state index in [4.69, 9.17) is 4.84 Å². The van der Waals surface area contributed by atoms with Crippen molar-refractivity contribution in [2.75, 3.05) is 13.7 Å². The molecule has 0 spiro atoms. The van der Waals surface area contributed by atoms with Crippen molar-refractivity contribution in [3.8, 4) is 0 Å². The zero-order valence-electron chi connectivity index (χ0n) is 7.53. The Hall–Kier alpha value is -0.930. The van der Waals surface area contributed by atoms with Crippen LogP contribution in [0.15, 0.2) is 24.5 Å². The number of nitrogens with zero attached hydrogens (tertiary/aromatic N) is 2. The fraction of sp³-hybridized carbons (Fsp3) is 0.444. The van der Waals surface area contributed by atoms with Crippen LogP contribution in [0.4, 0.5) is 0 Å². The highest BCUT2D eigenvalue weighted by Gasteiger charge is 2.00. The van der Waals surface area contributed by atoms with Crippen LogP contribution < -0.4 is 0 Å². The molecule has 66 valence electrons. The van der Waals surface area contributed by atoms with E-state index in [-0.39, 0.29) is 0 Å². The molecule has 0 aliphatic rings. The molecule has 0 radical (unpaired) electrons. The van der Waals surface area contributed by atoms with Crippen LogP contribution in [0.1, 0.15) is 12.5 Å². The number of hydrogen-bond acceptors (Lipinski definition) is 3. The predicted octanol–water partition coefficient (Wildman–Crippen LogP) is 1.46. The molecule has 0 amide bonds. The second-order valence-electron chi connectivity index (χ2n) is 2.50. The molecule has 1 heterocycles. The van der Waals surface area contributed by atoms with Gasteiger partial charge in [-0.05, 0) is 11.6 Å². The van der Waals surface area contributed by atoms with Gasteiger partial charge in [0.25, 0.3) is 0 Å². The van der Waals surface area contributed by atoms with Crippen LogP contribution in [-0.4, -0.2) is 23.7 Å². The highest BCUT2D eigenvalue weighted by Crippen LogP contribution is 2.01. The van der Waals surface area contributed by atoms with Gasteiger partial charge < -0.3 is 4.84 Å². The minimum atomic E-state index is 0.792. The molecule has 1 aromatic rings. The predicted molar refractivity (Wildman–Crippen MR) is 47.3 cm³/mol. The highest BCUT2D eigenvalue weighted by atomic mass is 16.7. The van der Waals surface area contributed by atoms with Crippen LogP contribution in [0, 0.1) is 0 Å². The molecular formula is C9H14N2O. The fourth-order valence-electron chi connectivity index (χ4n) is 1.00. The Bertz CT molecular complexity index is 209. The lowest BCUT2D eigenvalue weighted by Gasteiger charge is -2.16. The summed E-state index contributed by atoms with van der Waals surface area (Å²) in [6, 6.07) is 3.97. The van der Waals surface area contributed by atoms with Crippen LogP contribution in [0.3, 0.4) is 0 Å².